The minimum atomic E-state index is 0.421. The highest BCUT2D eigenvalue weighted by atomic mass is 15.2. The van der Waals surface area contributed by atoms with Gasteiger partial charge in [0.05, 0.1) is 0 Å². The third kappa shape index (κ3) is 2.99. The van der Waals surface area contributed by atoms with Crippen LogP contribution in [0.4, 0.5) is 5.82 Å². The van der Waals surface area contributed by atoms with Crippen LogP contribution < -0.4 is 5.32 Å². The number of aryl methyl sites for hydroxylation is 1. The fourth-order valence-corrected chi connectivity index (χ4v) is 2.63. The molecule has 18 heavy (non-hydrogen) atoms. The molecule has 0 amide bonds. The van der Waals surface area contributed by atoms with E-state index in [1.165, 1.54) is 17.7 Å². The molecule has 4 heteroatoms. The molecule has 0 spiro atoms. The second-order valence-electron chi connectivity index (χ2n) is 5.03. The van der Waals surface area contributed by atoms with Crippen LogP contribution in [-0.2, 0) is 12.8 Å². The molecule has 2 rings (SSSR count). The Morgan fingerprint density at radius 3 is 2.78 bits per heavy atom. The normalized spacial score (nSPS) is 15.8. The van der Waals surface area contributed by atoms with Crippen LogP contribution in [0.1, 0.15) is 38.4 Å². The number of nitrogens with zero attached hydrogens (tertiary/aromatic N) is 3. The first-order valence-electron chi connectivity index (χ1n) is 7.06. The molecular formula is C14H24N4. The summed E-state index contributed by atoms with van der Waals surface area (Å²) in [7, 11) is 0. The molecule has 0 saturated heterocycles. The zero-order chi connectivity index (χ0) is 13.0. The first-order chi connectivity index (χ1) is 8.74. The Morgan fingerprint density at radius 1 is 1.28 bits per heavy atom. The van der Waals surface area contributed by atoms with E-state index in [-0.39, 0.29) is 0 Å². The van der Waals surface area contributed by atoms with Crippen molar-refractivity contribution in [3.8, 4) is 0 Å². The van der Waals surface area contributed by atoms with Gasteiger partial charge in [-0.15, -0.1) is 0 Å². The zero-order valence-corrected chi connectivity index (χ0v) is 11.7. The van der Waals surface area contributed by atoms with Gasteiger partial charge < -0.3 is 10.2 Å². The number of nitrogens with one attached hydrogen (secondary N) is 1. The zero-order valence-electron chi connectivity index (χ0n) is 11.7. The van der Waals surface area contributed by atoms with Gasteiger partial charge >= 0.3 is 0 Å². The first kappa shape index (κ1) is 13.3. The van der Waals surface area contributed by atoms with Crippen molar-refractivity contribution in [3.05, 3.63) is 17.6 Å². The molecule has 100 valence electrons. The SMILES string of the molecule is CCN(CC)CC(C)Nc1ncnc2c1CCC2. The van der Waals surface area contributed by atoms with Crippen LogP contribution >= 0.6 is 0 Å². The van der Waals surface area contributed by atoms with Crippen molar-refractivity contribution in [2.24, 2.45) is 0 Å². The van der Waals surface area contributed by atoms with Crippen LogP contribution in [0.15, 0.2) is 6.33 Å². The number of likely N-dealkylation sites (N-methyl/N-ethyl adjacent to an activating group) is 1. The lowest BCUT2D eigenvalue weighted by atomic mass is 10.2. The molecule has 0 saturated carbocycles. The summed E-state index contributed by atoms with van der Waals surface area (Å²) in [4.78, 5) is 11.2. The second kappa shape index (κ2) is 6.14. The van der Waals surface area contributed by atoms with Crippen molar-refractivity contribution in [2.45, 2.75) is 46.1 Å². The summed E-state index contributed by atoms with van der Waals surface area (Å²) in [6.07, 6.45) is 5.14. The number of fused-ring (bicyclic) bond motifs is 1. The van der Waals surface area contributed by atoms with Gasteiger partial charge in [0.15, 0.2) is 0 Å². The van der Waals surface area contributed by atoms with E-state index in [9.17, 15) is 0 Å². The summed E-state index contributed by atoms with van der Waals surface area (Å²) in [5.41, 5.74) is 2.58. The van der Waals surface area contributed by atoms with E-state index in [0.717, 1.165) is 38.3 Å². The number of rotatable bonds is 6. The minimum absolute atomic E-state index is 0.421. The summed E-state index contributed by atoms with van der Waals surface area (Å²) in [5, 5.41) is 3.55. The Labute approximate surface area is 110 Å². The van der Waals surface area contributed by atoms with Gasteiger partial charge in [0.1, 0.15) is 12.1 Å². The van der Waals surface area contributed by atoms with Crippen LogP contribution in [0.5, 0.6) is 0 Å². The summed E-state index contributed by atoms with van der Waals surface area (Å²) in [6, 6.07) is 0.421. The molecular weight excluding hydrogens is 224 g/mol. The molecule has 1 aliphatic carbocycles. The van der Waals surface area contributed by atoms with E-state index in [1.54, 1.807) is 6.33 Å². The van der Waals surface area contributed by atoms with Gasteiger partial charge in [0.2, 0.25) is 0 Å². The van der Waals surface area contributed by atoms with Crippen molar-refractivity contribution in [1.82, 2.24) is 14.9 Å². The third-order valence-corrected chi connectivity index (χ3v) is 3.68. The Bertz CT molecular complexity index is 387. The minimum Gasteiger partial charge on any atom is -0.366 e. The second-order valence-corrected chi connectivity index (χ2v) is 5.03. The number of hydrogen-bond acceptors (Lipinski definition) is 4. The molecule has 0 radical (unpaired) electrons. The predicted molar refractivity (Wildman–Crippen MR) is 74.9 cm³/mol. The molecule has 1 heterocycles. The average molecular weight is 248 g/mol. The summed E-state index contributed by atoms with van der Waals surface area (Å²) < 4.78 is 0. The highest BCUT2D eigenvalue weighted by molar-refractivity contribution is 5.48. The average Bonchev–Trinajstić information content (AvgIpc) is 2.85. The maximum Gasteiger partial charge on any atom is 0.133 e. The maximum absolute atomic E-state index is 4.41. The molecule has 0 bridgehead atoms. The molecule has 4 nitrogen and oxygen atoms in total. The standard InChI is InChI=1S/C14H24N4/c1-4-18(5-2)9-11(3)17-14-12-7-6-8-13(12)15-10-16-14/h10-11H,4-9H2,1-3H3,(H,15,16,17). The van der Waals surface area contributed by atoms with Crippen molar-refractivity contribution < 1.29 is 0 Å². The van der Waals surface area contributed by atoms with E-state index in [4.69, 9.17) is 0 Å². The van der Waals surface area contributed by atoms with Gasteiger partial charge in [-0.25, -0.2) is 9.97 Å². The highest BCUT2D eigenvalue weighted by Crippen LogP contribution is 2.25. The molecule has 0 aliphatic heterocycles. The van der Waals surface area contributed by atoms with Crippen molar-refractivity contribution in [3.63, 3.8) is 0 Å². The molecule has 1 N–H and O–H groups in total. The number of anilines is 1. The number of hydrogen-bond donors (Lipinski definition) is 1. The Hall–Kier alpha value is -1.16. The van der Waals surface area contributed by atoms with Crippen molar-refractivity contribution >= 4 is 5.82 Å². The van der Waals surface area contributed by atoms with E-state index < -0.39 is 0 Å². The van der Waals surface area contributed by atoms with Gasteiger partial charge in [-0.2, -0.15) is 0 Å². The highest BCUT2D eigenvalue weighted by Gasteiger charge is 2.18. The summed E-state index contributed by atoms with van der Waals surface area (Å²) in [5.74, 6) is 1.05. The smallest absolute Gasteiger partial charge is 0.133 e. The van der Waals surface area contributed by atoms with E-state index in [0.29, 0.717) is 6.04 Å². The molecule has 1 aromatic rings. The summed E-state index contributed by atoms with van der Waals surface area (Å²) >= 11 is 0. The third-order valence-electron chi connectivity index (χ3n) is 3.68. The van der Waals surface area contributed by atoms with Crippen LogP contribution in [-0.4, -0.2) is 40.5 Å². The number of aromatic nitrogens is 2. The van der Waals surface area contributed by atoms with Crippen LogP contribution in [0.3, 0.4) is 0 Å². The van der Waals surface area contributed by atoms with Gasteiger partial charge in [-0.05, 0) is 39.3 Å². The lowest BCUT2D eigenvalue weighted by Crippen LogP contribution is -2.35. The molecule has 1 unspecified atom stereocenters. The molecule has 1 atom stereocenters. The summed E-state index contributed by atoms with van der Waals surface area (Å²) in [6.45, 7) is 9.90. The van der Waals surface area contributed by atoms with Crippen molar-refractivity contribution in [2.75, 3.05) is 25.0 Å². The van der Waals surface area contributed by atoms with E-state index >= 15 is 0 Å². The Morgan fingerprint density at radius 2 is 2.06 bits per heavy atom. The quantitative estimate of drug-likeness (QED) is 0.837. The molecule has 1 aromatic heterocycles. The van der Waals surface area contributed by atoms with Gasteiger partial charge in [-0.1, -0.05) is 13.8 Å². The van der Waals surface area contributed by atoms with E-state index in [2.05, 4.69) is 41.0 Å². The van der Waals surface area contributed by atoms with Gasteiger partial charge in [0.25, 0.3) is 0 Å². The lowest BCUT2D eigenvalue weighted by molar-refractivity contribution is 0.294. The monoisotopic (exact) mass is 248 g/mol. The Kier molecular flexibility index (Phi) is 4.53. The van der Waals surface area contributed by atoms with Gasteiger partial charge in [-0.3, -0.25) is 0 Å². The lowest BCUT2D eigenvalue weighted by Gasteiger charge is -2.24. The Balaban J connectivity index is 1.99. The fraction of sp³-hybridized carbons (Fsp3) is 0.714. The van der Waals surface area contributed by atoms with Gasteiger partial charge in [0, 0.05) is 23.8 Å². The largest absolute Gasteiger partial charge is 0.366 e. The molecule has 0 aromatic carbocycles. The fourth-order valence-electron chi connectivity index (χ4n) is 2.63. The first-order valence-corrected chi connectivity index (χ1v) is 7.06. The van der Waals surface area contributed by atoms with E-state index in [1.807, 2.05) is 0 Å². The van der Waals surface area contributed by atoms with Crippen LogP contribution in [0, 0.1) is 0 Å². The van der Waals surface area contributed by atoms with Crippen molar-refractivity contribution in [1.29, 1.82) is 0 Å². The topological polar surface area (TPSA) is 41.0 Å². The predicted octanol–water partition coefficient (Wildman–Crippen LogP) is 2.11. The maximum atomic E-state index is 4.41. The molecule has 1 aliphatic rings. The van der Waals surface area contributed by atoms with Crippen LogP contribution in [0.2, 0.25) is 0 Å². The van der Waals surface area contributed by atoms with Crippen LogP contribution in [0.25, 0.3) is 0 Å². The molecule has 0 fully saturated rings.